The summed E-state index contributed by atoms with van der Waals surface area (Å²) in [5.41, 5.74) is 5.83. The van der Waals surface area contributed by atoms with Gasteiger partial charge in [0.15, 0.2) is 0 Å². The fourth-order valence-corrected chi connectivity index (χ4v) is 3.70. The number of hydrogen-bond donors (Lipinski definition) is 2. The minimum absolute atomic E-state index is 0.0924. The molecule has 2 aromatic heterocycles. The molecule has 0 saturated carbocycles. The highest BCUT2D eigenvalue weighted by Crippen LogP contribution is 2.17. The van der Waals surface area contributed by atoms with Crippen molar-refractivity contribution in [2.24, 2.45) is 5.73 Å². The third-order valence-corrected chi connectivity index (χ3v) is 5.63. The molecule has 0 saturated heterocycles. The van der Waals surface area contributed by atoms with Crippen LogP contribution in [0.1, 0.15) is 22.4 Å². The zero-order chi connectivity index (χ0) is 15.5. The van der Waals surface area contributed by atoms with Crippen LogP contribution in [0.25, 0.3) is 0 Å². The summed E-state index contributed by atoms with van der Waals surface area (Å²) < 4.78 is 26.9. The van der Waals surface area contributed by atoms with E-state index in [9.17, 15) is 8.42 Å². The molecule has 0 radical (unpaired) electrons. The highest BCUT2D eigenvalue weighted by molar-refractivity contribution is 7.89. The number of nitrogens with two attached hydrogens (primary N) is 1. The number of sulfonamides is 1. The fourth-order valence-electron chi connectivity index (χ4n) is 1.64. The van der Waals surface area contributed by atoms with Crippen molar-refractivity contribution in [1.82, 2.24) is 9.71 Å². The van der Waals surface area contributed by atoms with Crippen LogP contribution in [0, 0.1) is 0 Å². The first-order valence-corrected chi connectivity index (χ1v) is 8.96. The summed E-state index contributed by atoms with van der Waals surface area (Å²) in [5, 5.41) is 0. The lowest BCUT2D eigenvalue weighted by Gasteiger charge is -2.06. The molecule has 0 aliphatic carbocycles. The molecule has 0 unspecified atom stereocenters. The van der Waals surface area contributed by atoms with E-state index in [1.54, 1.807) is 11.3 Å². The van der Waals surface area contributed by atoms with Gasteiger partial charge in [0.1, 0.15) is 9.88 Å². The lowest BCUT2D eigenvalue weighted by Crippen LogP contribution is -2.23. The van der Waals surface area contributed by atoms with Crippen molar-refractivity contribution in [3.8, 4) is 0 Å². The van der Waals surface area contributed by atoms with E-state index in [-0.39, 0.29) is 16.4 Å². The number of hydrogen-bond acceptors (Lipinski definition) is 5. The Morgan fingerprint density at radius 2 is 2.05 bits per heavy atom. The van der Waals surface area contributed by atoms with Crippen LogP contribution in [0.3, 0.4) is 0 Å². The molecule has 0 spiro atoms. The van der Waals surface area contributed by atoms with Gasteiger partial charge in [-0.15, -0.1) is 11.3 Å². The Bertz CT molecular complexity index is 736. The normalized spacial score (nSPS) is 11.5. The van der Waals surface area contributed by atoms with E-state index in [4.69, 9.17) is 18.0 Å². The van der Waals surface area contributed by atoms with Gasteiger partial charge in [-0.25, -0.2) is 13.1 Å². The molecule has 2 aromatic rings. The minimum atomic E-state index is -3.59. The average molecular weight is 341 g/mol. The fraction of sp³-hybridized carbons (Fsp3) is 0.231. The van der Waals surface area contributed by atoms with Crippen LogP contribution in [-0.4, -0.2) is 18.4 Å². The van der Waals surface area contributed by atoms with Gasteiger partial charge in [0.2, 0.25) is 10.0 Å². The molecule has 0 aliphatic heterocycles. The van der Waals surface area contributed by atoms with E-state index < -0.39 is 10.0 Å². The second-order valence-electron chi connectivity index (χ2n) is 4.29. The van der Waals surface area contributed by atoms with Crippen LogP contribution in [0.4, 0.5) is 0 Å². The highest BCUT2D eigenvalue weighted by atomic mass is 32.2. The highest BCUT2D eigenvalue weighted by Gasteiger charge is 2.15. The molecule has 2 rings (SSSR count). The van der Waals surface area contributed by atoms with E-state index in [0.29, 0.717) is 5.69 Å². The molecule has 0 bridgehead atoms. The molecular weight excluding hydrogens is 326 g/mol. The standard InChI is InChI=1S/C13H15N3O2S3/c1-2-9-3-4-10(20-9)7-16-21(17,18)11-5-6-12(13(14)19)15-8-11/h3-6,8,16H,2,7H2,1H3,(H2,14,19). The number of nitrogens with zero attached hydrogens (tertiary/aromatic N) is 1. The predicted molar refractivity (Wildman–Crippen MR) is 87.8 cm³/mol. The van der Waals surface area contributed by atoms with E-state index in [2.05, 4.69) is 16.6 Å². The van der Waals surface area contributed by atoms with Crippen LogP contribution in [0.2, 0.25) is 0 Å². The third kappa shape index (κ3) is 4.07. The number of thiophene rings is 1. The van der Waals surface area contributed by atoms with Gasteiger partial charge in [0.25, 0.3) is 0 Å². The summed E-state index contributed by atoms with van der Waals surface area (Å²) in [6.07, 6.45) is 2.20. The molecule has 21 heavy (non-hydrogen) atoms. The second kappa shape index (κ2) is 6.61. The van der Waals surface area contributed by atoms with E-state index in [0.717, 1.165) is 11.3 Å². The van der Waals surface area contributed by atoms with Gasteiger partial charge in [0, 0.05) is 22.5 Å². The van der Waals surface area contributed by atoms with Crippen LogP contribution >= 0.6 is 23.6 Å². The summed E-state index contributed by atoms with van der Waals surface area (Å²) in [4.78, 5) is 6.37. The molecule has 0 amide bonds. The SMILES string of the molecule is CCc1ccc(CNS(=O)(=O)c2ccc(C(N)=S)nc2)s1. The number of nitrogens with one attached hydrogen (secondary N) is 1. The molecule has 0 aliphatic rings. The predicted octanol–water partition coefficient (Wildman–Crippen LogP) is 1.82. The Morgan fingerprint density at radius 3 is 2.57 bits per heavy atom. The van der Waals surface area contributed by atoms with Gasteiger partial charge in [-0.05, 0) is 30.7 Å². The van der Waals surface area contributed by atoms with Crippen molar-refractivity contribution in [2.45, 2.75) is 24.8 Å². The number of rotatable bonds is 6. The summed E-state index contributed by atoms with van der Waals surface area (Å²) in [5.74, 6) is 0. The summed E-state index contributed by atoms with van der Waals surface area (Å²) >= 11 is 6.38. The van der Waals surface area contributed by atoms with E-state index in [1.807, 2.05) is 12.1 Å². The van der Waals surface area contributed by atoms with Gasteiger partial charge >= 0.3 is 0 Å². The molecular formula is C13H15N3O2S3. The number of thiocarbonyl (C=S) groups is 1. The van der Waals surface area contributed by atoms with Crippen LogP contribution in [0.5, 0.6) is 0 Å². The lowest BCUT2D eigenvalue weighted by molar-refractivity contribution is 0.581. The van der Waals surface area contributed by atoms with Gasteiger partial charge in [0.05, 0.1) is 5.69 Å². The van der Waals surface area contributed by atoms with E-state index >= 15 is 0 Å². The number of pyridine rings is 1. The number of aryl methyl sites for hydroxylation is 1. The Kier molecular flexibility index (Phi) is 5.04. The Hall–Kier alpha value is -1.35. The van der Waals surface area contributed by atoms with Gasteiger partial charge < -0.3 is 5.73 Å². The maximum Gasteiger partial charge on any atom is 0.242 e. The van der Waals surface area contributed by atoms with Crippen LogP contribution in [-0.2, 0) is 23.0 Å². The van der Waals surface area contributed by atoms with E-state index in [1.165, 1.54) is 23.2 Å². The molecule has 0 fully saturated rings. The van der Waals surface area contributed by atoms with Crippen molar-refractivity contribution in [1.29, 1.82) is 0 Å². The first-order chi connectivity index (χ1) is 9.92. The summed E-state index contributed by atoms with van der Waals surface area (Å²) in [6.45, 7) is 2.33. The summed E-state index contributed by atoms with van der Waals surface area (Å²) in [7, 11) is -3.59. The molecule has 8 heteroatoms. The molecule has 2 heterocycles. The van der Waals surface area contributed by atoms with Crippen molar-refractivity contribution >= 4 is 38.6 Å². The van der Waals surface area contributed by atoms with Crippen LogP contribution < -0.4 is 10.5 Å². The van der Waals surface area contributed by atoms with Gasteiger partial charge in [-0.2, -0.15) is 0 Å². The molecule has 0 atom stereocenters. The van der Waals surface area contributed by atoms with Crippen molar-refractivity contribution in [2.75, 3.05) is 0 Å². The first kappa shape index (κ1) is 16.0. The van der Waals surface area contributed by atoms with Crippen molar-refractivity contribution in [3.05, 3.63) is 45.9 Å². The van der Waals surface area contributed by atoms with Gasteiger partial charge in [-0.3, -0.25) is 4.98 Å². The molecule has 112 valence electrons. The smallest absolute Gasteiger partial charge is 0.242 e. The zero-order valence-electron chi connectivity index (χ0n) is 11.4. The zero-order valence-corrected chi connectivity index (χ0v) is 13.8. The lowest BCUT2D eigenvalue weighted by atomic mass is 10.3. The average Bonchev–Trinajstić information content (AvgIpc) is 2.93. The third-order valence-electron chi connectivity index (χ3n) is 2.80. The topological polar surface area (TPSA) is 85.1 Å². The second-order valence-corrected chi connectivity index (χ2v) is 7.75. The Balaban J connectivity index is 2.09. The van der Waals surface area contributed by atoms with Crippen molar-refractivity contribution in [3.63, 3.8) is 0 Å². The molecule has 0 aromatic carbocycles. The van der Waals surface area contributed by atoms with Gasteiger partial charge in [-0.1, -0.05) is 19.1 Å². The van der Waals surface area contributed by atoms with Crippen molar-refractivity contribution < 1.29 is 8.42 Å². The maximum absolute atomic E-state index is 12.2. The monoisotopic (exact) mass is 341 g/mol. The quantitative estimate of drug-likeness (QED) is 0.783. The first-order valence-electron chi connectivity index (χ1n) is 6.25. The molecule has 3 N–H and O–H groups in total. The number of aromatic nitrogens is 1. The van der Waals surface area contributed by atoms with Crippen LogP contribution in [0.15, 0.2) is 35.4 Å². The summed E-state index contributed by atoms with van der Waals surface area (Å²) in [6, 6.07) is 6.88. The molecule has 5 nitrogen and oxygen atoms in total. The largest absolute Gasteiger partial charge is 0.388 e. The minimum Gasteiger partial charge on any atom is -0.388 e. The Morgan fingerprint density at radius 1 is 1.33 bits per heavy atom. The maximum atomic E-state index is 12.2. The Labute approximate surface area is 133 Å².